The van der Waals surface area contributed by atoms with Crippen LogP contribution in [0.1, 0.15) is 329 Å². The Morgan fingerprint density at radius 3 is 0.672 bits per heavy atom. The van der Waals surface area contributed by atoms with E-state index in [1.807, 2.05) is 0 Å². The van der Waals surface area contributed by atoms with E-state index in [0.717, 1.165) is 38.5 Å². The van der Waals surface area contributed by atoms with Gasteiger partial charge in [-0.1, -0.05) is 310 Å². The van der Waals surface area contributed by atoms with Gasteiger partial charge in [-0.25, -0.2) is 0 Å². The SMILES string of the molecule is CCCCCCCCCCCCCCCCCCOc1cc(S(=O)(=O)O)cc(OCCCCCCCCCCCCCCCCCC)c1OCCCCCCCCCCCCCCCCCC. The van der Waals surface area contributed by atoms with Crippen molar-refractivity contribution in [2.75, 3.05) is 19.8 Å². The van der Waals surface area contributed by atoms with E-state index in [1.165, 1.54) is 282 Å². The molecule has 1 aromatic rings. The molecule has 0 atom stereocenters. The summed E-state index contributed by atoms with van der Waals surface area (Å²) < 4.78 is 54.0. The predicted octanol–water partition coefficient (Wildman–Crippen LogP) is 20.9. The van der Waals surface area contributed by atoms with Crippen LogP contribution in [-0.2, 0) is 10.1 Å². The summed E-state index contributed by atoms with van der Waals surface area (Å²) in [4.78, 5) is -0.203. The van der Waals surface area contributed by atoms with Gasteiger partial charge in [0.05, 0.1) is 19.8 Å². The summed E-state index contributed by atoms with van der Waals surface area (Å²) in [5.41, 5.74) is 0. The van der Waals surface area contributed by atoms with Crippen molar-refractivity contribution in [2.24, 2.45) is 0 Å². The van der Waals surface area contributed by atoms with Crippen LogP contribution in [0.5, 0.6) is 17.2 Å². The monoisotopic (exact) mass is 963 g/mol. The van der Waals surface area contributed by atoms with Gasteiger partial charge in [0, 0.05) is 12.1 Å². The maximum absolute atomic E-state index is 12.4. The van der Waals surface area contributed by atoms with E-state index in [9.17, 15) is 13.0 Å². The van der Waals surface area contributed by atoms with Crippen LogP contribution in [0.4, 0.5) is 0 Å². The molecule has 1 N–H and O–H groups in total. The molecule has 0 unspecified atom stereocenters. The van der Waals surface area contributed by atoms with Crippen molar-refractivity contribution < 1.29 is 27.2 Å². The van der Waals surface area contributed by atoms with E-state index in [1.54, 1.807) is 0 Å². The van der Waals surface area contributed by atoms with Crippen LogP contribution < -0.4 is 14.2 Å². The van der Waals surface area contributed by atoms with Crippen molar-refractivity contribution in [1.82, 2.24) is 0 Å². The standard InChI is InChI=1S/C60H114O6S/c1-4-7-10-13-16-19-22-25-28-31-34-37-40-43-46-49-52-64-58-55-57(67(61,62)63)56-59(65-53-50-47-44-41-38-35-32-29-26-23-20-17-14-11-8-5-2)60(58)66-54-51-48-45-42-39-36-33-30-27-24-21-18-15-12-9-6-3/h55-56H,4-54H2,1-3H3,(H,61,62,63). The molecule has 0 bridgehead atoms. The minimum absolute atomic E-state index is 0.203. The molecule has 0 aliphatic rings. The Morgan fingerprint density at radius 2 is 0.478 bits per heavy atom. The van der Waals surface area contributed by atoms with Crippen molar-refractivity contribution in [1.29, 1.82) is 0 Å². The van der Waals surface area contributed by atoms with Crippen LogP contribution in [-0.4, -0.2) is 32.8 Å². The highest BCUT2D eigenvalue weighted by Gasteiger charge is 2.21. The lowest BCUT2D eigenvalue weighted by Crippen LogP contribution is -2.08. The second-order valence-corrected chi connectivity index (χ2v) is 22.1. The number of ether oxygens (including phenoxy) is 3. The molecule has 0 radical (unpaired) electrons. The molecule has 0 heterocycles. The maximum atomic E-state index is 12.4. The second-order valence-electron chi connectivity index (χ2n) is 20.7. The first-order chi connectivity index (χ1) is 32.9. The van der Waals surface area contributed by atoms with Gasteiger partial charge >= 0.3 is 0 Å². The Labute approximate surface area is 418 Å². The Bertz CT molecular complexity index is 1210. The fourth-order valence-corrected chi connectivity index (χ4v) is 10.1. The maximum Gasteiger partial charge on any atom is 0.294 e. The zero-order chi connectivity index (χ0) is 48.4. The van der Waals surface area contributed by atoms with Gasteiger partial charge in [0.25, 0.3) is 10.1 Å². The highest BCUT2D eigenvalue weighted by molar-refractivity contribution is 7.85. The van der Waals surface area contributed by atoms with Crippen LogP contribution in [0.15, 0.2) is 17.0 Å². The first-order valence-electron chi connectivity index (χ1n) is 30.0. The first-order valence-corrected chi connectivity index (χ1v) is 31.4. The molecule has 0 fully saturated rings. The molecule has 1 rings (SSSR count). The minimum Gasteiger partial charge on any atom is -0.490 e. The molecule has 396 valence electrons. The predicted molar refractivity (Wildman–Crippen MR) is 291 cm³/mol. The highest BCUT2D eigenvalue weighted by atomic mass is 32.2. The van der Waals surface area contributed by atoms with Crippen LogP contribution in [0.25, 0.3) is 0 Å². The van der Waals surface area contributed by atoms with Crippen LogP contribution in [0, 0.1) is 0 Å². The van der Waals surface area contributed by atoms with Crippen molar-refractivity contribution >= 4 is 10.1 Å². The van der Waals surface area contributed by atoms with Gasteiger partial charge in [-0.05, 0) is 19.3 Å². The molecule has 0 aliphatic heterocycles. The Balaban J connectivity index is 2.52. The first kappa shape index (κ1) is 63.5. The summed E-state index contributed by atoms with van der Waals surface area (Å²) in [6, 6.07) is 2.85. The number of unbranched alkanes of at least 4 members (excludes halogenated alkanes) is 45. The van der Waals surface area contributed by atoms with E-state index >= 15 is 0 Å². The number of benzene rings is 1. The van der Waals surface area contributed by atoms with E-state index in [4.69, 9.17) is 14.2 Å². The summed E-state index contributed by atoms with van der Waals surface area (Å²) in [6.07, 6.45) is 62.9. The van der Waals surface area contributed by atoms with Crippen molar-refractivity contribution in [2.45, 2.75) is 334 Å². The molecule has 0 saturated carbocycles. The van der Waals surface area contributed by atoms with E-state index in [2.05, 4.69) is 20.8 Å². The summed E-state index contributed by atoms with van der Waals surface area (Å²) in [5, 5.41) is 0. The Kier molecular flexibility index (Phi) is 47.0. The van der Waals surface area contributed by atoms with Gasteiger partial charge in [-0.3, -0.25) is 4.55 Å². The number of hydrogen-bond acceptors (Lipinski definition) is 5. The molecule has 0 spiro atoms. The van der Waals surface area contributed by atoms with E-state index in [0.29, 0.717) is 37.1 Å². The molecular weight excluding hydrogens is 849 g/mol. The van der Waals surface area contributed by atoms with Crippen LogP contribution >= 0.6 is 0 Å². The highest BCUT2D eigenvalue weighted by Crippen LogP contribution is 2.41. The van der Waals surface area contributed by atoms with Gasteiger partial charge in [-0.2, -0.15) is 8.42 Å². The molecule has 0 amide bonds. The van der Waals surface area contributed by atoms with Gasteiger partial charge in [-0.15, -0.1) is 0 Å². The topological polar surface area (TPSA) is 82.1 Å². The number of rotatable bonds is 55. The van der Waals surface area contributed by atoms with Gasteiger partial charge in [0.1, 0.15) is 4.90 Å². The zero-order valence-corrected chi connectivity index (χ0v) is 45.9. The van der Waals surface area contributed by atoms with Crippen molar-refractivity contribution in [3.8, 4) is 17.2 Å². The third kappa shape index (κ3) is 42.0. The quantitative estimate of drug-likeness (QED) is 0.0517. The Hall–Kier alpha value is -1.47. The van der Waals surface area contributed by atoms with Gasteiger partial charge < -0.3 is 14.2 Å². The van der Waals surface area contributed by atoms with Crippen molar-refractivity contribution in [3.05, 3.63) is 12.1 Å². The fraction of sp³-hybridized carbons (Fsp3) is 0.900. The zero-order valence-electron chi connectivity index (χ0n) is 45.1. The van der Waals surface area contributed by atoms with E-state index in [-0.39, 0.29) is 4.90 Å². The molecule has 67 heavy (non-hydrogen) atoms. The van der Waals surface area contributed by atoms with E-state index < -0.39 is 10.1 Å². The average molecular weight is 964 g/mol. The second kappa shape index (κ2) is 49.5. The lowest BCUT2D eigenvalue weighted by molar-refractivity contribution is 0.233. The van der Waals surface area contributed by atoms with Crippen LogP contribution in [0.3, 0.4) is 0 Å². The molecule has 0 saturated heterocycles. The molecule has 0 aliphatic carbocycles. The summed E-state index contributed by atoms with van der Waals surface area (Å²) in [6.45, 7) is 8.33. The average Bonchev–Trinajstić information content (AvgIpc) is 3.32. The third-order valence-corrected chi connectivity index (χ3v) is 14.9. The Morgan fingerprint density at radius 1 is 0.299 bits per heavy atom. The largest absolute Gasteiger partial charge is 0.490 e. The molecule has 7 heteroatoms. The van der Waals surface area contributed by atoms with Crippen LogP contribution in [0.2, 0.25) is 0 Å². The third-order valence-electron chi connectivity index (χ3n) is 14.0. The molecule has 1 aromatic carbocycles. The lowest BCUT2D eigenvalue weighted by Gasteiger charge is -2.18. The lowest BCUT2D eigenvalue weighted by atomic mass is 10.0. The minimum atomic E-state index is -4.46. The summed E-state index contributed by atoms with van der Waals surface area (Å²) >= 11 is 0. The smallest absolute Gasteiger partial charge is 0.294 e. The number of hydrogen-bond donors (Lipinski definition) is 1. The summed E-state index contributed by atoms with van der Waals surface area (Å²) in [7, 11) is -4.46. The van der Waals surface area contributed by atoms with Gasteiger partial charge in [0.2, 0.25) is 5.75 Å². The molecule has 0 aromatic heterocycles. The van der Waals surface area contributed by atoms with Gasteiger partial charge in [0.15, 0.2) is 11.5 Å². The normalized spacial score (nSPS) is 11.8. The fourth-order valence-electron chi connectivity index (χ4n) is 9.55. The van der Waals surface area contributed by atoms with Crippen molar-refractivity contribution in [3.63, 3.8) is 0 Å². The molecular formula is C60H114O6S. The molecule has 6 nitrogen and oxygen atoms in total. The summed E-state index contributed by atoms with van der Waals surface area (Å²) in [5.74, 6) is 1.19.